The second kappa shape index (κ2) is 7.45. The quantitative estimate of drug-likeness (QED) is 0.861. The standard InChI is InChI=1S/C20H22O4/c1-3-7-15(8-4-1)19-21-11-17(12-22-19)18-13-23-20(24-14-18)16-9-5-2-6-10-16/h1-10,17-20H,11-14H2. The fourth-order valence-corrected chi connectivity index (χ4v) is 3.19. The largest absolute Gasteiger partial charge is 0.348 e. The highest BCUT2D eigenvalue weighted by atomic mass is 16.7. The summed E-state index contributed by atoms with van der Waals surface area (Å²) in [4.78, 5) is 0. The van der Waals surface area contributed by atoms with E-state index in [1.807, 2.05) is 60.7 Å². The summed E-state index contributed by atoms with van der Waals surface area (Å²) in [6.45, 7) is 2.69. The minimum Gasteiger partial charge on any atom is -0.348 e. The summed E-state index contributed by atoms with van der Waals surface area (Å²) in [5, 5.41) is 0. The van der Waals surface area contributed by atoms with Gasteiger partial charge in [0.1, 0.15) is 0 Å². The first-order chi connectivity index (χ1) is 11.9. The third kappa shape index (κ3) is 3.52. The summed E-state index contributed by atoms with van der Waals surface area (Å²) in [6, 6.07) is 20.1. The zero-order valence-electron chi connectivity index (χ0n) is 13.5. The predicted molar refractivity (Wildman–Crippen MR) is 89.2 cm³/mol. The monoisotopic (exact) mass is 326 g/mol. The summed E-state index contributed by atoms with van der Waals surface area (Å²) in [7, 11) is 0. The Balaban J connectivity index is 1.28. The van der Waals surface area contributed by atoms with Crippen LogP contribution in [0.1, 0.15) is 23.7 Å². The second-order valence-electron chi connectivity index (χ2n) is 6.34. The van der Waals surface area contributed by atoms with E-state index >= 15 is 0 Å². The van der Waals surface area contributed by atoms with Gasteiger partial charge < -0.3 is 18.9 Å². The third-order valence-corrected chi connectivity index (χ3v) is 4.66. The van der Waals surface area contributed by atoms with Crippen molar-refractivity contribution in [3.63, 3.8) is 0 Å². The Morgan fingerprint density at radius 2 is 0.833 bits per heavy atom. The molecule has 0 spiro atoms. The van der Waals surface area contributed by atoms with E-state index in [1.54, 1.807) is 0 Å². The Morgan fingerprint density at radius 3 is 1.17 bits per heavy atom. The molecule has 2 heterocycles. The zero-order chi connectivity index (χ0) is 16.2. The van der Waals surface area contributed by atoms with E-state index in [0.717, 1.165) is 11.1 Å². The molecule has 0 radical (unpaired) electrons. The first-order valence-corrected chi connectivity index (χ1v) is 8.46. The Labute approximate surface area is 142 Å². The molecule has 2 fully saturated rings. The topological polar surface area (TPSA) is 36.9 Å². The minimum absolute atomic E-state index is 0.259. The lowest BCUT2D eigenvalue weighted by Gasteiger charge is -2.37. The first-order valence-electron chi connectivity index (χ1n) is 8.46. The van der Waals surface area contributed by atoms with Crippen molar-refractivity contribution < 1.29 is 18.9 Å². The average molecular weight is 326 g/mol. The third-order valence-electron chi connectivity index (χ3n) is 4.66. The highest BCUT2D eigenvalue weighted by molar-refractivity contribution is 5.17. The van der Waals surface area contributed by atoms with Crippen LogP contribution in [0.15, 0.2) is 60.7 Å². The molecule has 126 valence electrons. The number of rotatable bonds is 3. The van der Waals surface area contributed by atoms with E-state index in [4.69, 9.17) is 18.9 Å². The van der Waals surface area contributed by atoms with E-state index in [2.05, 4.69) is 0 Å². The van der Waals surface area contributed by atoms with E-state index in [9.17, 15) is 0 Å². The summed E-state index contributed by atoms with van der Waals surface area (Å²) in [6.07, 6.45) is -0.519. The maximum absolute atomic E-state index is 5.91. The summed E-state index contributed by atoms with van der Waals surface area (Å²) >= 11 is 0. The van der Waals surface area contributed by atoms with Gasteiger partial charge in [-0.3, -0.25) is 0 Å². The molecule has 0 N–H and O–H groups in total. The van der Waals surface area contributed by atoms with Gasteiger partial charge in [-0.1, -0.05) is 60.7 Å². The maximum Gasteiger partial charge on any atom is 0.183 e. The molecule has 2 saturated heterocycles. The van der Waals surface area contributed by atoms with Crippen LogP contribution < -0.4 is 0 Å². The van der Waals surface area contributed by atoms with Crippen molar-refractivity contribution in [2.24, 2.45) is 11.8 Å². The van der Waals surface area contributed by atoms with Gasteiger partial charge >= 0.3 is 0 Å². The first kappa shape index (κ1) is 15.8. The molecule has 0 bridgehead atoms. The van der Waals surface area contributed by atoms with Gasteiger partial charge in [-0.2, -0.15) is 0 Å². The molecule has 4 heteroatoms. The molecule has 2 aliphatic rings. The molecule has 4 rings (SSSR count). The summed E-state index contributed by atoms with van der Waals surface area (Å²) < 4.78 is 23.6. The summed E-state index contributed by atoms with van der Waals surface area (Å²) in [5.41, 5.74) is 2.13. The Kier molecular flexibility index (Phi) is 4.90. The number of hydrogen-bond donors (Lipinski definition) is 0. The minimum atomic E-state index is -0.259. The smallest absolute Gasteiger partial charge is 0.183 e. The van der Waals surface area contributed by atoms with Crippen LogP contribution in [0.25, 0.3) is 0 Å². The highest BCUT2D eigenvalue weighted by Crippen LogP contribution is 2.32. The molecule has 0 unspecified atom stereocenters. The van der Waals surface area contributed by atoms with Crippen LogP contribution in [0.4, 0.5) is 0 Å². The normalized spacial score (nSPS) is 30.8. The van der Waals surface area contributed by atoms with Crippen LogP contribution in [0.5, 0.6) is 0 Å². The van der Waals surface area contributed by atoms with Gasteiger partial charge in [0.15, 0.2) is 12.6 Å². The van der Waals surface area contributed by atoms with Gasteiger partial charge in [0.25, 0.3) is 0 Å². The Morgan fingerprint density at radius 1 is 0.500 bits per heavy atom. The zero-order valence-corrected chi connectivity index (χ0v) is 13.5. The van der Waals surface area contributed by atoms with Crippen molar-refractivity contribution in [1.82, 2.24) is 0 Å². The van der Waals surface area contributed by atoms with Crippen molar-refractivity contribution in [2.75, 3.05) is 26.4 Å². The number of hydrogen-bond acceptors (Lipinski definition) is 4. The molecule has 2 aliphatic heterocycles. The maximum atomic E-state index is 5.91. The lowest BCUT2D eigenvalue weighted by atomic mass is 9.93. The van der Waals surface area contributed by atoms with E-state index in [-0.39, 0.29) is 12.6 Å². The van der Waals surface area contributed by atoms with Crippen LogP contribution in [0, 0.1) is 11.8 Å². The molecule has 2 aromatic carbocycles. The number of benzene rings is 2. The number of ether oxygens (including phenoxy) is 4. The molecule has 4 nitrogen and oxygen atoms in total. The van der Waals surface area contributed by atoms with Crippen LogP contribution >= 0.6 is 0 Å². The molecule has 24 heavy (non-hydrogen) atoms. The SMILES string of the molecule is c1ccc(C2OCC(C3COC(c4ccccc4)OC3)CO2)cc1. The van der Waals surface area contributed by atoms with Crippen molar-refractivity contribution >= 4 is 0 Å². The van der Waals surface area contributed by atoms with E-state index in [1.165, 1.54) is 0 Å². The average Bonchev–Trinajstić information content (AvgIpc) is 2.70. The van der Waals surface area contributed by atoms with Gasteiger partial charge in [-0.25, -0.2) is 0 Å². The van der Waals surface area contributed by atoms with Gasteiger partial charge in [0.05, 0.1) is 26.4 Å². The lowest BCUT2D eigenvalue weighted by Crippen LogP contribution is -2.39. The van der Waals surface area contributed by atoms with Crippen LogP contribution in [0.2, 0.25) is 0 Å². The second-order valence-corrected chi connectivity index (χ2v) is 6.34. The molecular formula is C20H22O4. The predicted octanol–water partition coefficient (Wildman–Crippen LogP) is 3.71. The van der Waals surface area contributed by atoms with Crippen molar-refractivity contribution in [1.29, 1.82) is 0 Å². The molecule has 0 atom stereocenters. The van der Waals surface area contributed by atoms with E-state index < -0.39 is 0 Å². The summed E-state index contributed by atoms with van der Waals surface area (Å²) in [5.74, 6) is 0.614. The van der Waals surface area contributed by atoms with Gasteiger partial charge in [0.2, 0.25) is 0 Å². The van der Waals surface area contributed by atoms with E-state index in [0.29, 0.717) is 38.3 Å². The van der Waals surface area contributed by atoms with Gasteiger partial charge in [-0.15, -0.1) is 0 Å². The molecular weight excluding hydrogens is 304 g/mol. The van der Waals surface area contributed by atoms with Gasteiger partial charge in [0, 0.05) is 23.0 Å². The molecule has 0 aliphatic carbocycles. The fourth-order valence-electron chi connectivity index (χ4n) is 3.19. The van der Waals surface area contributed by atoms with Crippen LogP contribution in [0.3, 0.4) is 0 Å². The molecule has 0 amide bonds. The Hall–Kier alpha value is -1.72. The van der Waals surface area contributed by atoms with Gasteiger partial charge in [-0.05, 0) is 0 Å². The van der Waals surface area contributed by atoms with Crippen molar-refractivity contribution in [3.8, 4) is 0 Å². The highest BCUT2D eigenvalue weighted by Gasteiger charge is 2.33. The fraction of sp³-hybridized carbons (Fsp3) is 0.400. The van der Waals surface area contributed by atoms with Crippen LogP contribution in [-0.2, 0) is 18.9 Å². The van der Waals surface area contributed by atoms with Crippen LogP contribution in [-0.4, -0.2) is 26.4 Å². The van der Waals surface area contributed by atoms with Crippen molar-refractivity contribution in [2.45, 2.75) is 12.6 Å². The lowest BCUT2D eigenvalue weighted by molar-refractivity contribution is -0.252. The van der Waals surface area contributed by atoms with Crippen molar-refractivity contribution in [3.05, 3.63) is 71.8 Å². The molecule has 0 aromatic heterocycles. The Bertz CT molecular complexity index is 557. The molecule has 2 aromatic rings. The molecule has 0 saturated carbocycles.